The van der Waals surface area contributed by atoms with Gasteiger partial charge in [-0.3, -0.25) is 4.79 Å². The molecule has 3 aromatic rings. The predicted octanol–water partition coefficient (Wildman–Crippen LogP) is 2.13. The van der Waals surface area contributed by atoms with Crippen molar-refractivity contribution in [2.24, 2.45) is 0 Å². The first-order valence-corrected chi connectivity index (χ1v) is 9.68. The molecule has 2 heterocycles. The Balaban J connectivity index is 1.53. The smallest absolute Gasteiger partial charge is 0.253 e. The van der Waals surface area contributed by atoms with Gasteiger partial charge >= 0.3 is 0 Å². The molecule has 150 valence electrons. The van der Waals surface area contributed by atoms with Crippen molar-refractivity contribution in [3.05, 3.63) is 70.0 Å². The van der Waals surface area contributed by atoms with E-state index in [1.165, 1.54) is 0 Å². The van der Waals surface area contributed by atoms with Crippen molar-refractivity contribution in [3.63, 3.8) is 0 Å². The summed E-state index contributed by atoms with van der Waals surface area (Å²) < 4.78 is 10.8. The molecule has 0 aliphatic carbocycles. The number of nitrogens with zero attached hydrogens (tertiary/aromatic N) is 1. The molecule has 1 aliphatic rings. The van der Waals surface area contributed by atoms with E-state index in [2.05, 4.69) is 10.3 Å². The monoisotopic (exact) mass is 411 g/mol. The van der Waals surface area contributed by atoms with E-state index in [0.717, 1.165) is 10.9 Å². The molecular weight excluding hydrogens is 390 g/mol. The lowest BCUT2D eigenvalue weighted by Crippen LogP contribution is -2.41. The van der Waals surface area contributed by atoms with Crippen LogP contribution in [0, 0.1) is 0 Å². The lowest BCUT2D eigenvalue weighted by Gasteiger charge is -2.25. The number of hydrogen-bond acceptors (Lipinski definition) is 5. The molecule has 7 nitrogen and oxygen atoms in total. The average molecular weight is 411 g/mol. The van der Waals surface area contributed by atoms with E-state index in [9.17, 15) is 9.90 Å². The maximum atomic E-state index is 12.6. The molecule has 0 bridgehead atoms. The molecule has 8 heteroatoms. The number of nitrogens with one attached hydrogen (secondary N) is 2. The first-order valence-electron chi connectivity index (χ1n) is 9.27. The van der Waals surface area contributed by atoms with E-state index < -0.39 is 0 Å². The van der Waals surface area contributed by atoms with Crippen LogP contribution in [-0.4, -0.2) is 40.0 Å². The van der Waals surface area contributed by atoms with E-state index in [4.69, 9.17) is 21.7 Å². The Bertz CT molecular complexity index is 1080. The Hall–Kier alpha value is -3.10. The molecule has 0 atom stereocenters. The van der Waals surface area contributed by atoms with Gasteiger partial charge in [-0.15, -0.1) is 0 Å². The second kappa shape index (κ2) is 8.50. The highest BCUT2D eigenvalue weighted by Gasteiger charge is 2.17. The summed E-state index contributed by atoms with van der Waals surface area (Å²) in [6.45, 7) is 1.27. The van der Waals surface area contributed by atoms with E-state index >= 15 is 0 Å². The zero-order valence-corrected chi connectivity index (χ0v) is 16.5. The maximum absolute atomic E-state index is 12.6. The number of pyridine rings is 1. The highest BCUT2D eigenvalue weighted by Crippen LogP contribution is 2.35. The third kappa shape index (κ3) is 4.33. The highest BCUT2D eigenvalue weighted by atomic mass is 32.1. The molecule has 2 aromatic carbocycles. The molecule has 0 radical (unpaired) electrons. The van der Waals surface area contributed by atoms with E-state index in [0.29, 0.717) is 40.8 Å². The van der Waals surface area contributed by atoms with Gasteiger partial charge in [0.1, 0.15) is 0 Å². The number of aliphatic hydroxyl groups is 1. The predicted molar refractivity (Wildman–Crippen MR) is 114 cm³/mol. The molecule has 3 N–H and O–H groups in total. The molecule has 0 saturated carbocycles. The Morgan fingerprint density at radius 3 is 2.69 bits per heavy atom. The molecule has 0 unspecified atom stereocenters. The van der Waals surface area contributed by atoms with Gasteiger partial charge in [-0.2, -0.15) is 0 Å². The first kappa shape index (κ1) is 19.2. The van der Waals surface area contributed by atoms with Gasteiger partial charge in [0.05, 0.1) is 18.7 Å². The van der Waals surface area contributed by atoms with Crippen molar-refractivity contribution in [1.29, 1.82) is 0 Å². The molecule has 0 spiro atoms. The number of H-pyrrole nitrogens is 1. The molecule has 4 rings (SSSR count). The number of benzene rings is 2. The normalized spacial score (nSPS) is 12.2. The van der Waals surface area contributed by atoms with Crippen LogP contribution in [0.15, 0.2) is 53.3 Å². The van der Waals surface area contributed by atoms with Gasteiger partial charge in [-0.05, 0) is 29.9 Å². The second-order valence-corrected chi connectivity index (χ2v) is 7.09. The molecule has 29 heavy (non-hydrogen) atoms. The van der Waals surface area contributed by atoms with Gasteiger partial charge in [0.15, 0.2) is 16.6 Å². The van der Waals surface area contributed by atoms with Crippen LogP contribution >= 0.6 is 12.2 Å². The summed E-state index contributed by atoms with van der Waals surface area (Å²) in [6, 6.07) is 15.3. The minimum atomic E-state index is -0.204. The number of fused-ring (bicyclic) bond motifs is 2. The van der Waals surface area contributed by atoms with Crippen LogP contribution in [0.5, 0.6) is 11.5 Å². The number of hydrogen-bond donors (Lipinski definition) is 3. The molecule has 0 saturated heterocycles. The highest BCUT2D eigenvalue weighted by molar-refractivity contribution is 7.80. The van der Waals surface area contributed by atoms with Crippen molar-refractivity contribution >= 4 is 28.2 Å². The topological polar surface area (TPSA) is 86.8 Å². The Morgan fingerprint density at radius 1 is 1.17 bits per heavy atom. The summed E-state index contributed by atoms with van der Waals surface area (Å²) in [6.07, 6.45) is 0. The number of aliphatic hydroxyl groups excluding tert-OH is 1. The van der Waals surface area contributed by atoms with Gasteiger partial charge in [-0.1, -0.05) is 30.3 Å². The third-order valence-electron chi connectivity index (χ3n) is 4.72. The van der Waals surface area contributed by atoms with Crippen molar-refractivity contribution < 1.29 is 14.6 Å². The Labute approximate surface area is 172 Å². The average Bonchev–Trinajstić information content (AvgIpc) is 3.18. The summed E-state index contributed by atoms with van der Waals surface area (Å²) in [5.74, 6) is 1.27. The zero-order valence-electron chi connectivity index (χ0n) is 15.7. The van der Waals surface area contributed by atoms with Gasteiger partial charge in [0.25, 0.3) is 5.56 Å². The zero-order chi connectivity index (χ0) is 20.2. The van der Waals surface area contributed by atoms with Crippen molar-refractivity contribution in [3.8, 4) is 11.5 Å². The summed E-state index contributed by atoms with van der Waals surface area (Å²) in [5.41, 5.74) is 2.12. The molecule has 1 aliphatic heterocycles. The number of thiocarbonyl (C=S) groups is 1. The van der Waals surface area contributed by atoms with Crippen LogP contribution in [0.2, 0.25) is 0 Å². The van der Waals surface area contributed by atoms with Gasteiger partial charge in [0.2, 0.25) is 6.79 Å². The number of ether oxygens (including phenoxy) is 2. The molecule has 0 amide bonds. The fourth-order valence-corrected chi connectivity index (χ4v) is 3.45. The van der Waals surface area contributed by atoms with Crippen molar-refractivity contribution in [1.82, 2.24) is 15.2 Å². The van der Waals surface area contributed by atoms with Crippen LogP contribution in [0.1, 0.15) is 11.1 Å². The Morgan fingerprint density at radius 2 is 1.93 bits per heavy atom. The minimum absolute atomic E-state index is 0.0721. The van der Waals surface area contributed by atoms with E-state index in [1.807, 2.05) is 42.5 Å². The number of rotatable bonds is 6. The standard InChI is InChI=1S/C21H21N3O4S/c25-7-6-24(21(29)22-11-14-4-2-1-3-5-14)12-16-8-15-9-18-19(28-13-27-18)10-17(15)23-20(16)26/h1-5,8-10,25H,6-7,11-13H2,(H,22,29)(H,23,26). The van der Waals surface area contributed by atoms with Crippen molar-refractivity contribution in [2.45, 2.75) is 13.1 Å². The summed E-state index contributed by atoms with van der Waals surface area (Å²) >= 11 is 5.50. The van der Waals surface area contributed by atoms with Crippen molar-refractivity contribution in [2.75, 3.05) is 19.9 Å². The number of aromatic nitrogens is 1. The lowest BCUT2D eigenvalue weighted by molar-refractivity contribution is 0.174. The Kier molecular flexibility index (Phi) is 5.64. The van der Waals surface area contributed by atoms with Crippen LogP contribution in [0.4, 0.5) is 0 Å². The van der Waals surface area contributed by atoms with Gasteiger partial charge < -0.3 is 29.8 Å². The lowest BCUT2D eigenvalue weighted by atomic mass is 10.1. The minimum Gasteiger partial charge on any atom is -0.454 e. The first-order chi connectivity index (χ1) is 14.1. The summed E-state index contributed by atoms with van der Waals surface area (Å²) in [4.78, 5) is 17.3. The van der Waals surface area contributed by atoms with Crippen LogP contribution in [0.3, 0.4) is 0 Å². The molecular formula is C21H21N3O4S. The fraction of sp³-hybridized carbons (Fsp3) is 0.238. The second-order valence-electron chi connectivity index (χ2n) is 6.71. The molecule has 0 fully saturated rings. The van der Waals surface area contributed by atoms with Crippen LogP contribution in [-0.2, 0) is 13.1 Å². The van der Waals surface area contributed by atoms with E-state index in [-0.39, 0.29) is 25.5 Å². The number of aromatic amines is 1. The van der Waals surface area contributed by atoms with Crippen LogP contribution in [0.25, 0.3) is 10.9 Å². The van der Waals surface area contributed by atoms with Gasteiger partial charge in [0, 0.05) is 30.1 Å². The third-order valence-corrected chi connectivity index (χ3v) is 5.12. The van der Waals surface area contributed by atoms with Gasteiger partial charge in [-0.25, -0.2) is 0 Å². The quantitative estimate of drug-likeness (QED) is 0.536. The maximum Gasteiger partial charge on any atom is 0.253 e. The summed E-state index contributed by atoms with van der Waals surface area (Å²) in [5, 5.41) is 14.0. The van der Waals surface area contributed by atoms with E-state index in [1.54, 1.807) is 11.0 Å². The molecule has 1 aromatic heterocycles. The fourth-order valence-electron chi connectivity index (χ4n) is 3.22. The summed E-state index contributed by atoms with van der Waals surface area (Å²) in [7, 11) is 0. The van der Waals surface area contributed by atoms with Crippen LogP contribution < -0.4 is 20.3 Å². The SMILES string of the molecule is O=c1[nH]c2cc3c(cc2cc1CN(CCO)C(=S)NCc1ccccc1)OCO3. The largest absolute Gasteiger partial charge is 0.454 e.